The molecule has 0 fully saturated rings. The number of aromatic hydroxyl groups is 2. The van der Waals surface area contributed by atoms with Crippen LogP contribution < -0.4 is 0 Å². The van der Waals surface area contributed by atoms with E-state index in [-0.39, 0.29) is 17.1 Å². The maximum absolute atomic E-state index is 10.9. The predicted octanol–water partition coefficient (Wildman–Crippen LogP) is 2.71. The Kier molecular flexibility index (Phi) is 2.37. The van der Waals surface area contributed by atoms with Crippen LogP contribution in [-0.2, 0) is 0 Å². The van der Waals surface area contributed by atoms with Crippen molar-refractivity contribution < 1.29 is 15.0 Å². The van der Waals surface area contributed by atoms with Gasteiger partial charge in [-0.1, -0.05) is 12.7 Å². The fraction of sp³-hybridized carbons (Fsp3) is 0. The smallest absolute Gasteiger partial charge is 0.154 e. The van der Waals surface area contributed by atoms with Gasteiger partial charge in [-0.05, 0) is 35.0 Å². The molecule has 0 heterocycles. The van der Waals surface area contributed by atoms with Crippen LogP contribution in [0.1, 0.15) is 15.9 Å². The molecule has 0 aromatic heterocycles. The molecular weight excluding hydrogens is 204 g/mol. The van der Waals surface area contributed by atoms with E-state index in [1.807, 2.05) is 0 Å². The van der Waals surface area contributed by atoms with Crippen LogP contribution in [-0.4, -0.2) is 16.5 Å². The highest BCUT2D eigenvalue weighted by Crippen LogP contribution is 2.32. The van der Waals surface area contributed by atoms with Crippen molar-refractivity contribution in [3.63, 3.8) is 0 Å². The second-order valence-electron chi connectivity index (χ2n) is 3.41. The first-order chi connectivity index (χ1) is 7.69. The largest absolute Gasteiger partial charge is 0.507 e. The summed E-state index contributed by atoms with van der Waals surface area (Å²) in [5, 5.41) is 20.4. The molecule has 0 bridgehead atoms. The van der Waals surface area contributed by atoms with Crippen molar-refractivity contribution in [2.75, 3.05) is 0 Å². The number of carbonyl (C=O) groups is 1. The Morgan fingerprint density at radius 2 is 1.44 bits per heavy atom. The third-order valence-corrected chi connectivity index (χ3v) is 2.56. The Morgan fingerprint density at radius 3 is 1.94 bits per heavy atom. The van der Waals surface area contributed by atoms with E-state index in [9.17, 15) is 15.0 Å². The van der Waals surface area contributed by atoms with Gasteiger partial charge in [0.1, 0.15) is 11.5 Å². The standard InChI is InChI=1S/C13H10O3/c1-2-8-9-3-6-13(16)11(7-14)10(9)4-5-12(8)15/h2-7,15-16H,1H2. The lowest BCUT2D eigenvalue weighted by molar-refractivity contribution is 0.112. The maximum atomic E-state index is 10.9. The van der Waals surface area contributed by atoms with Crippen molar-refractivity contribution in [2.24, 2.45) is 0 Å². The van der Waals surface area contributed by atoms with Crippen LogP contribution in [0.5, 0.6) is 11.5 Å². The van der Waals surface area contributed by atoms with Crippen molar-refractivity contribution >= 4 is 23.1 Å². The third-order valence-electron chi connectivity index (χ3n) is 2.56. The van der Waals surface area contributed by atoms with Crippen molar-refractivity contribution in [1.82, 2.24) is 0 Å². The quantitative estimate of drug-likeness (QED) is 0.755. The highest BCUT2D eigenvalue weighted by Gasteiger charge is 2.10. The van der Waals surface area contributed by atoms with Gasteiger partial charge in [-0.3, -0.25) is 4.79 Å². The molecule has 0 aliphatic heterocycles. The van der Waals surface area contributed by atoms with Crippen molar-refractivity contribution in [3.8, 4) is 11.5 Å². The number of phenols is 2. The number of hydrogen-bond acceptors (Lipinski definition) is 3. The van der Waals surface area contributed by atoms with Gasteiger partial charge < -0.3 is 10.2 Å². The van der Waals surface area contributed by atoms with Gasteiger partial charge in [0.05, 0.1) is 5.56 Å². The molecule has 0 unspecified atom stereocenters. The van der Waals surface area contributed by atoms with E-state index in [0.717, 1.165) is 0 Å². The first kappa shape index (κ1) is 10.2. The minimum atomic E-state index is -0.0665. The zero-order valence-corrected chi connectivity index (χ0v) is 8.47. The molecule has 2 aromatic carbocycles. The fourth-order valence-electron chi connectivity index (χ4n) is 1.77. The summed E-state index contributed by atoms with van der Waals surface area (Å²) in [7, 11) is 0. The Morgan fingerprint density at radius 1 is 0.938 bits per heavy atom. The van der Waals surface area contributed by atoms with E-state index in [0.29, 0.717) is 22.6 Å². The first-order valence-corrected chi connectivity index (χ1v) is 4.74. The SMILES string of the molecule is C=Cc1c(O)ccc2c(C=O)c(O)ccc12. The van der Waals surface area contributed by atoms with Crippen molar-refractivity contribution in [1.29, 1.82) is 0 Å². The van der Waals surface area contributed by atoms with E-state index in [4.69, 9.17) is 0 Å². The zero-order valence-electron chi connectivity index (χ0n) is 8.47. The topological polar surface area (TPSA) is 57.5 Å². The molecule has 0 aliphatic carbocycles. The molecule has 2 rings (SSSR count). The molecule has 16 heavy (non-hydrogen) atoms. The van der Waals surface area contributed by atoms with Gasteiger partial charge in [0.15, 0.2) is 6.29 Å². The number of phenolic OH excluding ortho intramolecular Hbond substituents is 2. The lowest BCUT2D eigenvalue weighted by Crippen LogP contribution is -1.87. The average Bonchev–Trinajstić information content (AvgIpc) is 2.29. The Bertz CT molecular complexity index is 532. The lowest BCUT2D eigenvalue weighted by Gasteiger charge is -2.08. The number of rotatable bonds is 2. The summed E-state index contributed by atoms with van der Waals surface area (Å²) in [4.78, 5) is 10.9. The van der Waals surface area contributed by atoms with E-state index >= 15 is 0 Å². The number of aldehydes is 1. The number of hydrogen-bond donors (Lipinski definition) is 2. The molecule has 80 valence electrons. The maximum Gasteiger partial charge on any atom is 0.154 e. The number of carbonyl (C=O) groups excluding carboxylic acids is 1. The number of benzene rings is 2. The lowest BCUT2D eigenvalue weighted by atomic mass is 9.99. The van der Waals surface area contributed by atoms with Crippen LogP contribution in [0.2, 0.25) is 0 Å². The van der Waals surface area contributed by atoms with Gasteiger partial charge in [-0.15, -0.1) is 0 Å². The van der Waals surface area contributed by atoms with Crippen LogP contribution >= 0.6 is 0 Å². The predicted molar refractivity (Wildman–Crippen MR) is 62.8 cm³/mol. The highest BCUT2D eigenvalue weighted by atomic mass is 16.3. The molecule has 2 N–H and O–H groups in total. The van der Waals surface area contributed by atoms with Gasteiger partial charge in [0.25, 0.3) is 0 Å². The van der Waals surface area contributed by atoms with Gasteiger partial charge in [-0.2, -0.15) is 0 Å². The molecule has 0 saturated carbocycles. The van der Waals surface area contributed by atoms with Crippen LogP contribution in [0.4, 0.5) is 0 Å². The molecule has 2 aromatic rings. The van der Waals surface area contributed by atoms with Crippen molar-refractivity contribution in [2.45, 2.75) is 0 Å². The van der Waals surface area contributed by atoms with Gasteiger partial charge in [-0.25, -0.2) is 0 Å². The summed E-state index contributed by atoms with van der Waals surface area (Å²) in [6, 6.07) is 6.15. The van der Waals surface area contributed by atoms with E-state index in [1.54, 1.807) is 12.1 Å². The van der Waals surface area contributed by atoms with Crippen LogP contribution in [0.25, 0.3) is 16.8 Å². The molecule has 0 radical (unpaired) electrons. The Balaban J connectivity index is 2.97. The van der Waals surface area contributed by atoms with Crippen LogP contribution in [0, 0.1) is 0 Å². The minimum absolute atomic E-state index is 0.0665. The zero-order chi connectivity index (χ0) is 11.7. The summed E-state index contributed by atoms with van der Waals surface area (Å²) < 4.78 is 0. The fourth-order valence-corrected chi connectivity index (χ4v) is 1.77. The molecule has 0 saturated heterocycles. The summed E-state index contributed by atoms with van der Waals surface area (Å²) >= 11 is 0. The molecule has 3 heteroatoms. The minimum Gasteiger partial charge on any atom is -0.507 e. The Labute approximate surface area is 92.3 Å². The molecule has 0 spiro atoms. The van der Waals surface area contributed by atoms with Gasteiger partial charge in [0, 0.05) is 5.56 Å². The molecule has 0 amide bonds. The second-order valence-corrected chi connectivity index (χ2v) is 3.41. The summed E-state index contributed by atoms with van der Waals surface area (Å²) in [5.41, 5.74) is 0.779. The normalized spacial score (nSPS) is 10.2. The average molecular weight is 214 g/mol. The second kappa shape index (κ2) is 3.70. The number of fused-ring (bicyclic) bond motifs is 1. The van der Waals surface area contributed by atoms with Crippen LogP contribution in [0.15, 0.2) is 30.8 Å². The van der Waals surface area contributed by atoms with E-state index < -0.39 is 0 Å². The molecular formula is C13H10O3. The molecule has 3 nitrogen and oxygen atoms in total. The van der Waals surface area contributed by atoms with Crippen molar-refractivity contribution in [3.05, 3.63) is 42.0 Å². The first-order valence-electron chi connectivity index (χ1n) is 4.74. The Hall–Kier alpha value is -2.29. The summed E-state index contributed by atoms with van der Waals surface area (Å²) in [5.74, 6) is 0.0354. The van der Waals surface area contributed by atoms with E-state index in [2.05, 4.69) is 6.58 Å². The highest BCUT2D eigenvalue weighted by molar-refractivity contribution is 6.04. The third kappa shape index (κ3) is 1.34. The summed E-state index contributed by atoms with van der Waals surface area (Å²) in [6.07, 6.45) is 2.12. The molecule has 0 atom stereocenters. The summed E-state index contributed by atoms with van der Waals surface area (Å²) in [6.45, 7) is 3.61. The van der Waals surface area contributed by atoms with E-state index in [1.165, 1.54) is 18.2 Å². The molecule has 0 aliphatic rings. The van der Waals surface area contributed by atoms with Crippen LogP contribution in [0.3, 0.4) is 0 Å². The van der Waals surface area contributed by atoms with Gasteiger partial charge in [0.2, 0.25) is 0 Å². The van der Waals surface area contributed by atoms with Gasteiger partial charge >= 0.3 is 0 Å². The monoisotopic (exact) mass is 214 g/mol.